The van der Waals surface area contributed by atoms with Gasteiger partial charge >= 0.3 is 0 Å². The smallest absolute Gasteiger partial charge is 0.130 e. The summed E-state index contributed by atoms with van der Waals surface area (Å²) in [5.41, 5.74) is 3.20. The molecular weight excluding hydrogens is 216 g/mol. The van der Waals surface area contributed by atoms with Gasteiger partial charge in [-0.05, 0) is 35.4 Å². The Morgan fingerprint density at radius 3 is 2.67 bits per heavy atom. The molecule has 1 heterocycles. The Morgan fingerprint density at radius 2 is 2.07 bits per heavy atom. The van der Waals surface area contributed by atoms with E-state index >= 15 is 0 Å². The van der Waals surface area contributed by atoms with Gasteiger partial charge in [0.2, 0.25) is 0 Å². The summed E-state index contributed by atoms with van der Waals surface area (Å²) >= 11 is 1.71. The highest BCUT2D eigenvalue weighted by molar-refractivity contribution is 7.10. The van der Waals surface area contributed by atoms with Gasteiger partial charge in [-0.1, -0.05) is 31.6 Å². The van der Waals surface area contributed by atoms with Crippen molar-refractivity contribution in [2.24, 2.45) is 0 Å². The first-order valence-corrected chi connectivity index (χ1v) is 9.19. The van der Waals surface area contributed by atoms with Gasteiger partial charge in [-0.3, -0.25) is 0 Å². The molecule has 15 heavy (non-hydrogen) atoms. The van der Waals surface area contributed by atoms with Crippen LogP contribution in [0.25, 0.3) is 6.08 Å². The van der Waals surface area contributed by atoms with Crippen molar-refractivity contribution in [1.29, 1.82) is 0 Å². The lowest BCUT2D eigenvalue weighted by atomic mass is 10.4. The molecule has 0 unspecified atom stereocenters. The first kappa shape index (κ1) is 11.8. The second-order valence-electron chi connectivity index (χ2n) is 4.12. The molecule has 0 aliphatic rings. The first-order chi connectivity index (χ1) is 7.08. The number of allylic oxidation sites excluding steroid dienone is 1. The molecular formula is C13H14SSi. The first-order valence-electron chi connectivity index (χ1n) is 4.81. The molecule has 1 aromatic rings. The van der Waals surface area contributed by atoms with E-state index in [-0.39, 0.29) is 0 Å². The summed E-state index contributed by atoms with van der Waals surface area (Å²) in [7, 11) is -1.26. The van der Waals surface area contributed by atoms with Gasteiger partial charge in [0, 0.05) is 4.88 Å². The van der Waals surface area contributed by atoms with E-state index in [2.05, 4.69) is 54.4 Å². The predicted octanol–water partition coefficient (Wildman–Crippen LogP) is 3.65. The van der Waals surface area contributed by atoms with E-state index in [0.29, 0.717) is 0 Å². The highest BCUT2D eigenvalue weighted by Gasteiger charge is 2.06. The molecule has 0 fully saturated rings. The van der Waals surface area contributed by atoms with E-state index in [0.717, 1.165) is 0 Å². The van der Waals surface area contributed by atoms with Crippen molar-refractivity contribution in [2.75, 3.05) is 0 Å². The summed E-state index contributed by atoms with van der Waals surface area (Å²) in [6, 6.07) is 4.10. The molecule has 0 nitrogen and oxygen atoms in total. The van der Waals surface area contributed by atoms with Crippen LogP contribution in [0, 0.1) is 23.3 Å². The van der Waals surface area contributed by atoms with Gasteiger partial charge in [0.25, 0.3) is 0 Å². The fourth-order valence-corrected chi connectivity index (χ4v) is 1.86. The minimum absolute atomic E-state index is 1.22. The van der Waals surface area contributed by atoms with Crippen molar-refractivity contribution < 1.29 is 0 Å². The number of thiophene rings is 1. The predicted molar refractivity (Wildman–Crippen MR) is 72.3 cm³/mol. The van der Waals surface area contributed by atoms with E-state index < -0.39 is 8.07 Å². The summed E-state index contributed by atoms with van der Waals surface area (Å²) in [5, 5.41) is 2.05. The van der Waals surface area contributed by atoms with Crippen molar-refractivity contribution in [3.05, 3.63) is 28.5 Å². The fraction of sp³-hybridized carbons (Fsp3) is 0.231. The van der Waals surface area contributed by atoms with Gasteiger partial charge in [0.1, 0.15) is 8.07 Å². The molecule has 76 valence electrons. The van der Waals surface area contributed by atoms with Crippen LogP contribution in [-0.4, -0.2) is 8.07 Å². The summed E-state index contributed by atoms with van der Waals surface area (Å²) in [6.07, 6.45) is 3.86. The molecule has 0 radical (unpaired) electrons. The van der Waals surface area contributed by atoms with Crippen LogP contribution in [0.1, 0.15) is 4.88 Å². The lowest BCUT2D eigenvalue weighted by molar-refractivity contribution is 1.81. The van der Waals surface area contributed by atoms with E-state index in [1.165, 1.54) is 4.88 Å². The second kappa shape index (κ2) is 5.61. The van der Waals surface area contributed by atoms with Crippen LogP contribution in [0.15, 0.2) is 23.6 Å². The Labute approximate surface area is 97.0 Å². The molecule has 0 aliphatic heterocycles. The third-order valence-corrected chi connectivity index (χ3v) is 3.16. The Hall–Kier alpha value is -1.22. The molecule has 1 rings (SSSR count). The van der Waals surface area contributed by atoms with E-state index in [9.17, 15) is 0 Å². The number of rotatable bonds is 1. The lowest BCUT2D eigenvalue weighted by Gasteiger charge is -2.01. The van der Waals surface area contributed by atoms with Crippen molar-refractivity contribution in [1.82, 2.24) is 0 Å². The molecule has 0 atom stereocenters. The molecule has 0 aromatic carbocycles. The summed E-state index contributed by atoms with van der Waals surface area (Å²) in [4.78, 5) is 1.22. The largest absolute Gasteiger partial charge is 0.144 e. The zero-order valence-electron chi connectivity index (χ0n) is 9.29. The minimum atomic E-state index is -1.26. The Balaban J connectivity index is 2.50. The molecule has 0 amide bonds. The zero-order chi connectivity index (χ0) is 11.1. The maximum Gasteiger partial charge on any atom is 0.130 e. The van der Waals surface area contributed by atoms with Crippen LogP contribution in [-0.2, 0) is 0 Å². The van der Waals surface area contributed by atoms with Crippen LogP contribution in [0.5, 0.6) is 0 Å². The van der Waals surface area contributed by atoms with Gasteiger partial charge in [-0.25, -0.2) is 0 Å². The lowest BCUT2D eigenvalue weighted by Crippen LogP contribution is -2.16. The molecule has 0 aliphatic carbocycles. The maximum absolute atomic E-state index is 3.20. The fourth-order valence-electron chi connectivity index (χ4n) is 0.806. The number of hydrogen-bond donors (Lipinski definition) is 0. The quantitative estimate of drug-likeness (QED) is 0.510. The monoisotopic (exact) mass is 230 g/mol. The molecule has 0 bridgehead atoms. The van der Waals surface area contributed by atoms with Crippen LogP contribution in [0.2, 0.25) is 19.6 Å². The van der Waals surface area contributed by atoms with Gasteiger partial charge in [-0.2, -0.15) is 0 Å². The third kappa shape index (κ3) is 5.96. The van der Waals surface area contributed by atoms with Gasteiger partial charge in [-0.15, -0.1) is 16.9 Å². The molecule has 0 saturated carbocycles. The summed E-state index contributed by atoms with van der Waals surface area (Å²) < 4.78 is 0. The SMILES string of the molecule is C[Si](C)(C)C#CC#C/C=C/c1cccs1. The van der Waals surface area contributed by atoms with Crippen molar-refractivity contribution >= 4 is 25.5 Å². The standard InChI is InChI=1S/C13H14SSi/c1-15(2,3)12-7-5-4-6-9-13-10-8-11-14-13/h6,8-11H,1-3H3/b9-6+. The van der Waals surface area contributed by atoms with E-state index in [1.54, 1.807) is 11.3 Å². The van der Waals surface area contributed by atoms with Crippen LogP contribution in [0.4, 0.5) is 0 Å². The summed E-state index contributed by atoms with van der Waals surface area (Å²) in [5.74, 6) is 8.67. The topological polar surface area (TPSA) is 0 Å². The van der Waals surface area contributed by atoms with Crippen molar-refractivity contribution in [3.8, 4) is 23.3 Å². The highest BCUT2D eigenvalue weighted by Crippen LogP contribution is 2.09. The van der Waals surface area contributed by atoms with Crippen LogP contribution >= 0.6 is 11.3 Å². The van der Waals surface area contributed by atoms with Crippen molar-refractivity contribution in [3.63, 3.8) is 0 Å². The average molecular weight is 230 g/mol. The highest BCUT2D eigenvalue weighted by atomic mass is 32.1. The normalized spacial score (nSPS) is 10.3. The Bertz CT molecular complexity index is 439. The number of hydrogen-bond acceptors (Lipinski definition) is 1. The minimum Gasteiger partial charge on any atom is -0.144 e. The molecule has 0 N–H and O–H groups in total. The second-order valence-corrected chi connectivity index (χ2v) is 9.85. The van der Waals surface area contributed by atoms with Gasteiger partial charge in [0.15, 0.2) is 0 Å². The van der Waals surface area contributed by atoms with Crippen molar-refractivity contribution in [2.45, 2.75) is 19.6 Å². The Kier molecular flexibility index (Phi) is 4.43. The van der Waals surface area contributed by atoms with E-state index in [4.69, 9.17) is 0 Å². The van der Waals surface area contributed by atoms with E-state index in [1.807, 2.05) is 18.2 Å². The van der Waals surface area contributed by atoms with Crippen LogP contribution < -0.4 is 0 Å². The summed E-state index contributed by atoms with van der Waals surface area (Å²) in [6.45, 7) is 6.63. The zero-order valence-corrected chi connectivity index (χ0v) is 11.1. The third-order valence-electron chi connectivity index (χ3n) is 1.45. The maximum atomic E-state index is 3.20. The van der Waals surface area contributed by atoms with Gasteiger partial charge in [0.05, 0.1) is 0 Å². The molecule has 2 heteroatoms. The van der Waals surface area contributed by atoms with Crippen LogP contribution in [0.3, 0.4) is 0 Å². The molecule has 0 saturated heterocycles. The molecule has 0 spiro atoms. The Morgan fingerprint density at radius 1 is 1.27 bits per heavy atom. The average Bonchev–Trinajstić information content (AvgIpc) is 2.61. The van der Waals surface area contributed by atoms with Gasteiger partial charge < -0.3 is 0 Å². The molecule has 1 aromatic heterocycles.